The van der Waals surface area contributed by atoms with Crippen molar-refractivity contribution in [2.24, 2.45) is 0 Å². The summed E-state index contributed by atoms with van der Waals surface area (Å²) in [5.41, 5.74) is 6.05. The minimum atomic E-state index is -0.416. The van der Waals surface area contributed by atoms with Gasteiger partial charge in [-0.2, -0.15) is 0 Å². The molecule has 154 valence electrons. The fraction of sp³-hybridized carbons (Fsp3) is 0.292. The Kier molecular flexibility index (Phi) is 5.73. The van der Waals surface area contributed by atoms with E-state index >= 15 is 0 Å². The predicted molar refractivity (Wildman–Crippen MR) is 116 cm³/mol. The van der Waals surface area contributed by atoms with Crippen molar-refractivity contribution in [1.82, 2.24) is 9.97 Å². The van der Waals surface area contributed by atoms with Crippen LogP contribution in [0.25, 0.3) is 11.3 Å². The van der Waals surface area contributed by atoms with Crippen molar-refractivity contribution in [3.05, 3.63) is 59.3 Å². The van der Waals surface area contributed by atoms with E-state index < -0.39 is 5.82 Å². The Morgan fingerprint density at radius 1 is 1.30 bits per heavy atom. The van der Waals surface area contributed by atoms with Crippen molar-refractivity contribution < 1.29 is 13.9 Å². The largest absolute Gasteiger partial charge is 0.492 e. The second-order valence-corrected chi connectivity index (χ2v) is 7.26. The van der Waals surface area contributed by atoms with Gasteiger partial charge in [0.15, 0.2) is 11.6 Å². The van der Waals surface area contributed by atoms with Crippen LogP contribution in [0.4, 0.5) is 15.8 Å². The van der Waals surface area contributed by atoms with E-state index in [4.69, 9.17) is 9.47 Å². The summed E-state index contributed by atoms with van der Waals surface area (Å²) >= 11 is 0. The van der Waals surface area contributed by atoms with Gasteiger partial charge in [-0.05, 0) is 50.5 Å². The Labute approximate surface area is 175 Å². The molecule has 1 aromatic carbocycles. The number of H-pyrrole nitrogens is 1. The van der Waals surface area contributed by atoms with E-state index in [0.717, 1.165) is 53.2 Å². The topological polar surface area (TPSA) is 59.2 Å². The van der Waals surface area contributed by atoms with Gasteiger partial charge in [-0.1, -0.05) is 17.9 Å². The number of anilines is 2. The SMILES string of the molecule is COc1c(F)cccc1Nc1c(-c2ccncc2C#CC2CCCO2)[nH]c(C)c1C. The zero-order valence-corrected chi connectivity index (χ0v) is 17.3. The number of nitrogens with one attached hydrogen (secondary N) is 2. The molecule has 1 fully saturated rings. The number of rotatable bonds is 4. The number of ether oxygens (including phenoxy) is 2. The van der Waals surface area contributed by atoms with Crippen molar-refractivity contribution >= 4 is 11.4 Å². The summed E-state index contributed by atoms with van der Waals surface area (Å²) in [5.74, 6) is 6.20. The maximum Gasteiger partial charge on any atom is 0.177 e. The number of pyridine rings is 1. The van der Waals surface area contributed by atoms with Gasteiger partial charge in [0.05, 0.1) is 29.7 Å². The average molecular weight is 405 g/mol. The van der Waals surface area contributed by atoms with Gasteiger partial charge in [-0.15, -0.1) is 0 Å². The summed E-state index contributed by atoms with van der Waals surface area (Å²) in [6, 6.07) is 6.75. The molecule has 30 heavy (non-hydrogen) atoms. The Hall–Kier alpha value is -3.30. The van der Waals surface area contributed by atoms with Gasteiger partial charge in [0, 0.05) is 30.3 Å². The highest BCUT2D eigenvalue weighted by Gasteiger charge is 2.19. The van der Waals surface area contributed by atoms with Crippen LogP contribution in [0.15, 0.2) is 36.7 Å². The van der Waals surface area contributed by atoms with Gasteiger partial charge in [-0.3, -0.25) is 4.98 Å². The molecule has 0 saturated carbocycles. The Morgan fingerprint density at radius 2 is 2.17 bits per heavy atom. The maximum atomic E-state index is 14.2. The number of aromatic amines is 1. The molecule has 0 radical (unpaired) electrons. The number of hydrogen-bond acceptors (Lipinski definition) is 4. The molecule has 0 bridgehead atoms. The molecule has 6 heteroatoms. The fourth-order valence-corrected chi connectivity index (χ4v) is 3.59. The van der Waals surface area contributed by atoms with Crippen LogP contribution in [0.2, 0.25) is 0 Å². The van der Waals surface area contributed by atoms with Gasteiger partial charge in [0.1, 0.15) is 6.10 Å². The molecular formula is C24H24FN3O2. The van der Waals surface area contributed by atoms with Gasteiger partial charge >= 0.3 is 0 Å². The molecule has 1 saturated heterocycles. The van der Waals surface area contributed by atoms with E-state index in [1.807, 2.05) is 19.9 Å². The first-order valence-corrected chi connectivity index (χ1v) is 9.94. The number of hydrogen-bond donors (Lipinski definition) is 2. The van der Waals surface area contributed by atoms with Gasteiger partial charge in [-0.25, -0.2) is 4.39 Å². The summed E-state index contributed by atoms with van der Waals surface area (Å²) in [5, 5.41) is 3.36. The van der Waals surface area contributed by atoms with Crippen LogP contribution in [0, 0.1) is 31.5 Å². The van der Waals surface area contributed by atoms with Crippen LogP contribution in [0.1, 0.15) is 29.7 Å². The fourth-order valence-electron chi connectivity index (χ4n) is 3.59. The lowest BCUT2D eigenvalue weighted by Gasteiger charge is -2.14. The number of methoxy groups -OCH3 is 1. The van der Waals surface area contributed by atoms with Crippen molar-refractivity contribution in [1.29, 1.82) is 0 Å². The first-order chi connectivity index (χ1) is 14.6. The molecule has 0 spiro atoms. The third-order valence-electron chi connectivity index (χ3n) is 5.32. The molecule has 0 amide bonds. The van der Waals surface area contributed by atoms with E-state index in [-0.39, 0.29) is 11.9 Å². The average Bonchev–Trinajstić information content (AvgIpc) is 3.37. The predicted octanol–water partition coefficient (Wildman–Crippen LogP) is 5.12. The van der Waals surface area contributed by atoms with E-state index in [1.165, 1.54) is 13.2 Å². The van der Waals surface area contributed by atoms with E-state index in [9.17, 15) is 4.39 Å². The van der Waals surface area contributed by atoms with Crippen molar-refractivity contribution in [2.75, 3.05) is 19.0 Å². The Balaban J connectivity index is 1.77. The van der Waals surface area contributed by atoms with Crippen molar-refractivity contribution in [3.8, 4) is 28.8 Å². The van der Waals surface area contributed by atoms with Crippen LogP contribution in [-0.2, 0) is 4.74 Å². The highest BCUT2D eigenvalue weighted by molar-refractivity contribution is 5.85. The minimum Gasteiger partial charge on any atom is -0.492 e. The third kappa shape index (κ3) is 3.89. The highest BCUT2D eigenvalue weighted by Crippen LogP contribution is 2.38. The summed E-state index contributed by atoms with van der Waals surface area (Å²) in [7, 11) is 1.46. The molecule has 1 aliphatic heterocycles. The maximum absolute atomic E-state index is 14.2. The number of nitrogens with zero attached hydrogens (tertiary/aromatic N) is 1. The highest BCUT2D eigenvalue weighted by atomic mass is 19.1. The quantitative estimate of drug-likeness (QED) is 0.592. The van der Waals surface area contributed by atoms with Crippen molar-refractivity contribution in [2.45, 2.75) is 32.8 Å². The number of para-hydroxylation sites is 1. The number of aromatic nitrogens is 2. The summed E-state index contributed by atoms with van der Waals surface area (Å²) in [6.45, 7) is 4.78. The van der Waals surface area contributed by atoms with Crippen LogP contribution >= 0.6 is 0 Å². The molecule has 1 aliphatic rings. The Morgan fingerprint density at radius 3 is 2.93 bits per heavy atom. The second kappa shape index (κ2) is 8.60. The molecule has 3 aromatic rings. The van der Waals surface area contributed by atoms with Gasteiger partial charge in [0.2, 0.25) is 0 Å². The van der Waals surface area contributed by atoms with E-state index in [0.29, 0.717) is 5.69 Å². The normalized spacial score (nSPS) is 15.5. The first-order valence-electron chi connectivity index (χ1n) is 9.94. The molecule has 4 rings (SSSR count). The van der Waals surface area contributed by atoms with Crippen LogP contribution in [0.3, 0.4) is 0 Å². The number of aryl methyl sites for hydroxylation is 1. The molecule has 1 atom stereocenters. The van der Waals surface area contributed by atoms with Gasteiger partial charge in [0.25, 0.3) is 0 Å². The smallest absolute Gasteiger partial charge is 0.177 e. The van der Waals surface area contributed by atoms with Gasteiger partial charge < -0.3 is 19.8 Å². The zero-order chi connectivity index (χ0) is 21.1. The molecule has 2 N–H and O–H groups in total. The summed E-state index contributed by atoms with van der Waals surface area (Å²) in [4.78, 5) is 7.70. The second-order valence-electron chi connectivity index (χ2n) is 7.26. The van der Waals surface area contributed by atoms with Crippen LogP contribution in [-0.4, -0.2) is 29.8 Å². The molecular weight excluding hydrogens is 381 g/mol. The monoisotopic (exact) mass is 405 g/mol. The van der Waals surface area contributed by atoms with Crippen molar-refractivity contribution in [3.63, 3.8) is 0 Å². The molecule has 3 heterocycles. The van der Waals surface area contributed by atoms with Crippen LogP contribution < -0.4 is 10.1 Å². The standard InChI is InChI=1S/C24H24FN3O2/c1-15-16(2)27-23(22(15)28-21-8-4-7-20(25)24(21)29-3)19-11-12-26-14-17(19)9-10-18-6-5-13-30-18/h4,7-8,11-12,14,18,27-28H,5-6,13H2,1-3H3. The minimum absolute atomic E-state index is 0.0284. The third-order valence-corrected chi connectivity index (χ3v) is 5.32. The summed E-state index contributed by atoms with van der Waals surface area (Å²) in [6.07, 6.45) is 5.46. The first kappa shape index (κ1) is 20.0. The van der Waals surface area contributed by atoms with E-state index in [1.54, 1.807) is 24.5 Å². The zero-order valence-electron chi connectivity index (χ0n) is 17.3. The van der Waals surface area contributed by atoms with E-state index in [2.05, 4.69) is 27.1 Å². The van der Waals surface area contributed by atoms with Crippen LogP contribution in [0.5, 0.6) is 5.75 Å². The molecule has 5 nitrogen and oxygen atoms in total. The molecule has 2 aromatic heterocycles. The lowest BCUT2D eigenvalue weighted by Crippen LogP contribution is -2.00. The summed E-state index contributed by atoms with van der Waals surface area (Å²) < 4.78 is 25.1. The number of benzene rings is 1. The lowest BCUT2D eigenvalue weighted by atomic mass is 10.0. The lowest BCUT2D eigenvalue weighted by molar-refractivity contribution is 0.152. The molecule has 0 aliphatic carbocycles. The molecule has 1 unspecified atom stereocenters. The Bertz CT molecular complexity index is 1120. The number of halogens is 1.